The number of carbonyl (C=O) groups is 3. The minimum atomic E-state index is -0.671. The van der Waals surface area contributed by atoms with Crippen molar-refractivity contribution in [3.63, 3.8) is 0 Å². The number of amides is 2. The Morgan fingerprint density at radius 3 is 2.33 bits per heavy atom. The summed E-state index contributed by atoms with van der Waals surface area (Å²) in [6.07, 6.45) is 2.02. The highest BCUT2D eigenvalue weighted by Gasteiger charge is 2.14. The zero-order valence-electron chi connectivity index (χ0n) is 16.5. The summed E-state index contributed by atoms with van der Waals surface area (Å²) >= 11 is 0. The molecule has 0 fully saturated rings. The number of benzene rings is 1. The smallest absolute Gasteiger partial charge is 0.325 e. The number of esters is 1. The predicted octanol–water partition coefficient (Wildman–Crippen LogP) is 2.30. The van der Waals surface area contributed by atoms with Crippen LogP contribution in [0, 0.1) is 5.92 Å². The van der Waals surface area contributed by atoms with Crippen molar-refractivity contribution in [2.24, 2.45) is 5.92 Å². The molecule has 0 radical (unpaired) electrons. The largest absolute Gasteiger partial charge is 0.494 e. The third-order valence-electron chi connectivity index (χ3n) is 4.03. The van der Waals surface area contributed by atoms with Crippen molar-refractivity contribution in [1.29, 1.82) is 0 Å². The Labute approximate surface area is 160 Å². The van der Waals surface area contributed by atoms with Crippen molar-refractivity contribution in [3.8, 4) is 5.75 Å². The topological polar surface area (TPSA) is 93.7 Å². The van der Waals surface area contributed by atoms with Crippen molar-refractivity contribution in [3.05, 3.63) is 29.8 Å². The van der Waals surface area contributed by atoms with Gasteiger partial charge in [0.25, 0.3) is 11.8 Å². The first-order chi connectivity index (χ1) is 12.8. The number of hydrogen-bond donors (Lipinski definition) is 2. The second-order valence-corrected chi connectivity index (χ2v) is 6.67. The van der Waals surface area contributed by atoms with Crippen LogP contribution >= 0.6 is 0 Å². The monoisotopic (exact) mass is 378 g/mol. The summed E-state index contributed by atoms with van der Waals surface area (Å²) in [6.45, 7) is 7.89. The number of hydrogen-bond acceptors (Lipinski definition) is 5. The Morgan fingerprint density at radius 1 is 1.07 bits per heavy atom. The van der Waals surface area contributed by atoms with Crippen molar-refractivity contribution in [2.45, 2.75) is 46.6 Å². The van der Waals surface area contributed by atoms with E-state index in [4.69, 9.17) is 9.47 Å². The molecule has 0 saturated heterocycles. The summed E-state index contributed by atoms with van der Waals surface area (Å²) < 4.78 is 10.4. The van der Waals surface area contributed by atoms with Crippen molar-refractivity contribution >= 4 is 17.8 Å². The molecule has 1 rings (SSSR count). The SMILES string of the molecule is CCCCOc1ccc(C(=O)NCC(=O)OCC(=O)N[C@H](C)C(C)C)cc1. The minimum Gasteiger partial charge on any atom is -0.494 e. The molecule has 2 N–H and O–H groups in total. The van der Waals surface area contributed by atoms with Crippen LogP contribution in [-0.4, -0.2) is 43.6 Å². The summed E-state index contributed by atoms with van der Waals surface area (Å²) in [4.78, 5) is 35.4. The Balaban J connectivity index is 2.32. The molecule has 1 aromatic rings. The summed E-state index contributed by atoms with van der Waals surface area (Å²) in [5, 5.41) is 5.20. The molecule has 0 spiro atoms. The Morgan fingerprint density at radius 2 is 1.74 bits per heavy atom. The molecule has 1 aromatic carbocycles. The first-order valence-corrected chi connectivity index (χ1v) is 9.29. The van der Waals surface area contributed by atoms with Gasteiger partial charge in [0.05, 0.1) is 6.61 Å². The Bertz CT molecular complexity index is 613. The van der Waals surface area contributed by atoms with Gasteiger partial charge in [-0.05, 0) is 43.5 Å². The number of carbonyl (C=O) groups excluding carboxylic acids is 3. The lowest BCUT2D eigenvalue weighted by Gasteiger charge is -2.17. The van der Waals surface area contributed by atoms with E-state index in [1.54, 1.807) is 24.3 Å². The average molecular weight is 378 g/mol. The molecule has 27 heavy (non-hydrogen) atoms. The maximum Gasteiger partial charge on any atom is 0.325 e. The fourth-order valence-corrected chi connectivity index (χ4v) is 1.95. The molecule has 0 unspecified atom stereocenters. The van der Waals surface area contributed by atoms with E-state index < -0.39 is 11.9 Å². The molecule has 2 amide bonds. The van der Waals surface area contributed by atoms with Gasteiger partial charge in [-0.15, -0.1) is 0 Å². The van der Waals surface area contributed by atoms with Crippen LogP contribution in [-0.2, 0) is 14.3 Å². The van der Waals surface area contributed by atoms with Crippen molar-refractivity contribution < 1.29 is 23.9 Å². The number of rotatable bonds is 11. The van der Waals surface area contributed by atoms with Gasteiger partial charge in [0.1, 0.15) is 12.3 Å². The van der Waals surface area contributed by atoms with Gasteiger partial charge < -0.3 is 20.1 Å². The van der Waals surface area contributed by atoms with E-state index in [2.05, 4.69) is 17.6 Å². The summed E-state index contributed by atoms with van der Waals surface area (Å²) in [7, 11) is 0. The molecule has 0 aliphatic rings. The molecule has 0 aromatic heterocycles. The van der Waals surface area contributed by atoms with Gasteiger partial charge in [0.15, 0.2) is 6.61 Å². The molecule has 0 heterocycles. The average Bonchev–Trinajstić information content (AvgIpc) is 2.65. The zero-order valence-corrected chi connectivity index (χ0v) is 16.5. The van der Waals surface area contributed by atoms with Crippen LogP contribution in [0.25, 0.3) is 0 Å². The molecular weight excluding hydrogens is 348 g/mol. The van der Waals surface area contributed by atoms with Crippen LogP contribution in [0.2, 0.25) is 0 Å². The molecule has 0 saturated carbocycles. The van der Waals surface area contributed by atoms with E-state index in [0.717, 1.165) is 12.8 Å². The Hall–Kier alpha value is -2.57. The molecule has 0 aliphatic heterocycles. The van der Waals surface area contributed by atoms with E-state index in [0.29, 0.717) is 17.9 Å². The third-order valence-corrected chi connectivity index (χ3v) is 4.03. The normalized spacial score (nSPS) is 11.6. The highest BCUT2D eigenvalue weighted by molar-refractivity contribution is 5.96. The van der Waals surface area contributed by atoms with Gasteiger partial charge >= 0.3 is 5.97 Å². The molecule has 1 atom stereocenters. The van der Waals surface area contributed by atoms with E-state index in [9.17, 15) is 14.4 Å². The van der Waals surface area contributed by atoms with Gasteiger partial charge in [-0.3, -0.25) is 14.4 Å². The van der Waals surface area contributed by atoms with E-state index in [-0.39, 0.29) is 31.0 Å². The third kappa shape index (κ3) is 9.08. The fraction of sp³-hybridized carbons (Fsp3) is 0.550. The number of nitrogens with one attached hydrogen (secondary N) is 2. The molecule has 7 nitrogen and oxygen atoms in total. The van der Waals surface area contributed by atoms with Crippen molar-refractivity contribution in [1.82, 2.24) is 10.6 Å². The standard InChI is InChI=1S/C20H30N2O5/c1-5-6-11-26-17-9-7-16(8-10-17)20(25)21-12-19(24)27-13-18(23)22-15(4)14(2)3/h7-10,14-15H,5-6,11-13H2,1-4H3,(H,21,25)(H,22,23)/t15-/m1/s1. The first kappa shape index (κ1) is 22.5. The second-order valence-electron chi connectivity index (χ2n) is 6.67. The number of ether oxygens (including phenoxy) is 2. The lowest BCUT2D eigenvalue weighted by atomic mass is 10.1. The minimum absolute atomic E-state index is 0.00942. The van der Waals surface area contributed by atoms with Gasteiger partial charge in [0, 0.05) is 11.6 Å². The van der Waals surface area contributed by atoms with Crippen LogP contribution in [0.4, 0.5) is 0 Å². The molecule has 7 heteroatoms. The van der Waals surface area contributed by atoms with Gasteiger partial charge in [-0.25, -0.2) is 0 Å². The zero-order chi connectivity index (χ0) is 20.2. The lowest BCUT2D eigenvalue weighted by molar-refractivity contribution is -0.147. The molecular formula is C20H30N2O5. The summed E-state index contributed by atoms with van der Waals surface area (Å²) in [5.74, 6) is -0.455. The van der Waals surface area contributed by atoms with Crippen LogP contribution in [0.15, 0.2) is 24.3 Å². The van der Waals surface area contributed by atoms with Crippen LogP contribution in [0.3, 0.4) is 0 Å². The van der Waals surface area contributed by atoms with E-state index >= 15 is 0 Å². The summed E-state index contributed by atoms with van der Waals surface area (Å²) in [6, 6.07) is 6.67. The summed E-state index contributed by atoms with van der Waals surface area (Å²) in [5.41, 5.74) is 0.411. The highest BCUT2D eigenvalue weighted by atomic mass is 16.5. The molecule has 0 bridgehead atoms. The van der Waals surface area contributed by atoms with Crippen molar-refractivity contribution in [2.75, 3.05) is 19.8 Å². The second kappa shape index (κ2) is 11.9. The Kier molecular flexibility index (Phi) is 9.93. The van der Waals surface area contributed by atoms with Gasteiger partial charge in [-0.2, -0.15) is 0 Å². The van der Waals surface area contributed by atoms with E-state index in [1.807, 2.05) is 20.8 Å². The predicted molar refractivity (Wildman–Crippen MR) is 103 cm³/mol. The molecule has 150 valence electrons. The number of unbranched alkanes of at least 4 members (excludes halogenated alkanes) is 1. The van der Waals surface area contributed by atoms with Gasteiger partial charge in [0.2, 0.25) is 0 Å². The fourth-order valence-electron chi connectivity index (χ4n) is 1.95. The molecule has 0 aliphatic carbocycles. The first-order valence-electron chi connectivity index (χ1n) is 9.29. The quantitative estimate of drug-likeness (QED) is 0.455. The highest BCUT2D eigenvalue weighted by Crippen LogP contribution is 2.12. The van der Waals surface area contributed by atoms with Crippen LogP contribution in [0.5, 0.6) is 5.75 Å². The van der Waals surface area contributed by atoms with Gasteiger partial charge in [-0.1, -0.05) is 27.2 Å². The van der Waals surface area contributed by atoms with E-state index in [1.165, 1.54) is 0 Å². The maximum absolute atomic E-state index is 12.0. The maximum atomic E-state index is 12.0. The van der Waals surface area contributed by atoms with Crippen LogP contribution in [0.1, 0.15) is 50.9 Å². The van der Waals surface area contributed by atoms with Crippen LogP contribution < -0.4 is 15.4 Å². The lowest BCUT2D eigenvalue weighted by Crippen LogP contribution is -2.39.